The Labute approximate surface area is 125 Å². The summed E-state index contributed by atoms with van der Waals surface area (Å²) in [5.74, 6) is -0.729. The van der Waals surface area contributed by atoms with Crippen LogP contribution >= 0.6 is 0 Å². The second-order valence-corrected chi connectivity index (χ2v) is 5.66. The van der Waals surface area contributed by atoms with Crippen molar-refractivity contribution in [1.29, 1.82) is 0 Å². The van der Waals surface area contributed by atoms with E-state index in [4.69, 9.17) is 9.47 Å². The van der Waals surface area contributed by atoms with Crippen LogP contribution in [0.25, 0.3) is 5.57 Å². The summed E-state index contributed by atoms with van der Waals surface area (Å²) < 4.78 is 10.2. The van der Waals surface area contributed by atoms with Gasteiger partial charge in [0.15, 0.2) is 0 Å². The third kappa shape index (κ3) is 5.81. The van der Waals surface area contributed by atoms with Crippen molar-refractivity contribution in [2.24, 2.45) is 0 Å². The summed E-state index contributed by atoms with van der Waals surface area (Å²) in [6, 6.07) is 6.94. The second-order valence-electron chi connectivity index (χ2n) is 5.66. The van der Waals surface area contributed by atoms with E-state index in [2.05, 4.69) is 0 Å². The first-order valence-corrected chi connectivity index (χ1v) is 6.92. The molecule has 0 aromatic heterocycles. The fourth-order valence-electron chi connectivity index (χ4n) is 1.65. The zero-order valence-corrected chi connectivity index (χ0v) is 13.2. The Morgan fingerprint density at radius 2 is 1.62 bits per heavy atom. The molecule has 0 saturated heterocycles. The minimum atomic E-state index is -0.518. The molecule has 0 amide bonds. The van der Waals surface area contributed by atoms with Crippen molar-refractivity contribution in [3.05, 3.63) is 41.5 Å². The highest BCUT2D eigenvalue weighted by Gasteiger charge is 2.17. The number of carbonyl (C=O) groups excluding carboxylic acids is 2. The van der Waals surface area contributed by atoms with Gasteiger partial charge in [0.1, 0.15) is 5.60 Å². The smallest absolute Gasteiger partial charge is 0.338 e. The molecule has 0 aliphatic rings. The lowest BCUT2D eigenvalue weighted by molar-refractivity contribution is -0.137. The molecule has 4 heteroatoms. The molecule has 0 unspecified atom stereocenters. The van der Waals surface area contributed by atoms with Gasteiger partial charge in [0.05, 0.1) is 12.2 Å². The summed E-state index contributed by atoms with van der Waals surface area (Å²) in [7, 11) is 0. The van der Waals surface area contributed by atoms with Crippen molar-refractivity contribution in [2.45, 2.75) is 40.2 Å². The van der Waals surface area contributed by atoms with Gasteiger partial charge in [-0.2, -0.15) is 0 Å². The van der Waals surface area contributed by atoms with E-state index >= 15 is 0 Å². The fraction of sp³-hybridized carbons (Fsp3) is 0.412. The summed E-state index contributed by atoms with van der Waals surface area (Å²) in [5.41, 5.74) is 1.60. The lowest BCUT2D eigenvalue weighted by atomic mass is 10.0. The molecule has 0 atom stereocenters. The highest BCUT2D eigenvalue weighted by molar-refractivity contribution is 5.92. The summed E-state index contributed by atoms with van der Waals surface area (Å²) in [6.07, 6.45) is 1.44. The molecule has 21 heavy (non-hydrogen) atoms. The molecule has 1 rings (SSSR count). The van der Waals surface area contributed by atoms with E-state index < -0.39 is 5.60 Å². The van der Waals surface area contributed by atoms with E-state index in [-0.39, 0.29) is 11.9 Å². The van der Waals surface area contributed by atoms with Crippen LogP contribution in [0.1, 0.15) is 50.5 Å². The quantitative estimate of drug-likeness (QED) is 0.628. The Kier molecular flexibility index (Phi) is 5.70. The largest absolute Gasteiger partial charge is 0.463 e. The van der Waals surface area contributed by atoms with Gasteiger partial charge in [-0.3, -0.25) is 0 Å². The summed E-state index contributed by atoms with van der Waals surface area (Å²) in [4.78, 5) is 23.3. The maximum absolute atomic E-state index is 11.9. The second kappa shape index (κ2) is 7.07. The Hall–Kier alpha value is -2.10. The maximum atomic E-state index is 11.9. The standard InChI is InChI=1S/C17H22O4/c1-6-20-15(18)11-12(2)13-7-9-14(10-8-13)16(19)21-17(3,4)5/h7-11H,6H2,1-5H3/b12-11+. The van der Waals surface area contributed by atoms with E-state index in [1.54, 1.807) is 31.2 Å². The van der Waals surface area contributed by atoms with Crippen LogP contribution in [0.3, 0.4) is 0 Å². The molecule has 0 N–H and O–H groups in total. The predicted octanol–water partition coefficient (Wildman–Crippen LogP) is 3.61. The summed E-state index contributed by atoms with van der Waals surface area (Å²) in [6.45, 7) is 9.40. The first kappa shape index (κ1) is 17.0. The number of benzene rings is 1. The van der Waals surface area contributed by atoms with Gasteiger partial charge in [-0.1, -0.05) is 12.1 Å². The van der Waals surface area contributed by atoms with E-state index in [9.17, 15) is 9.59 Å². The molecular formula is C17H22O4. The molecule has 0 aliphatic heterocycles. The molecule has 0 bridgehead atoms. The molecule has 0 fully saturated rings. The molecule has 1 aromatic rings. The number of carbonyl (C=O) groups is 2. The molecule has 0 spiro atoms. The van der Waals surface area contributed by atoms with Gasteiger partial charge in [-0.15, -0.1) is 0 Å². The average molecular weight is 290 g/mol. The predicted molar refractivity (Wildman–Crippen MR) is 81.9 cm³/mol. The fourth-order valence-corrected chi connectivity index (χ4v) is 1.65. The molecule has 0 saturated carbocycles. The van der Waals surface area contributed by atoms with Crippen molar-refractivity contribution < 1.29 is 19.1 Å². The van der Waals surface area contributed by atoms with Crippen LogP contribution in [0.2, 0.25) is 0 Å². The zero-order chi connectivity index (χ0) is 16.0. The van der Waals surface area contributed by atoms with Gasteiger partial charge in [-0.05, 0) is 57.9 Å². The minimum Gasteiger partial charge on any atom is -0.463 e. The van der Waals surface area contributed by atoms with Gasteiger partial charge in [-0.25, -0.2) is 9.59 Å². The van der Waals surface area contributed by atoms with E-state index in [0.29, 0.717) is 12.2 Å². The van der Waals surface area contributed by atoms with Crippen LogP contribution in [-0.4, -0.2) is 24.1 Å². The zero-order valence-electron chi connectivity index (χ0n) is 13.2. The van der Waals surface area contributed by atoms with Crippen molar-refractivity contribution in [1.82, 2.24) is 0 Å². The van der Waals surface area contributed by atoms with Crippen LogP contribution in [0.5, 0.6) is 0 Å². The van der Waals surface area contributed by atoms with Crippen molar-refractivity contribution in [2.75, 3.05) is 6.61 Å². The highest BCUT2D eigenvalue weighted by atomic mass is 16.6. The van der Waals surface area contributed by atoms with Gasteiger partial charge in [0.25, 0.3) is 0 Å². The Morgan fingerprint density at radius 3 is 2.10 bits per heavy atom. The molecule has 0 aliphatic carbocycles. The normalized spacial score (nSPS) is 12.0. The van der Waals surface area contributed by atoms with Gasteiger partial charge in [0.2, 0.25) is 0 Å². The van der Waals surface area contributed by atoms with Crippen LogP contribution in [-0.2, 0) is 14.3 Å². The molecule has 114 valence electrons. The third-order valence-electron chi connectivity index (χ3n) is 2.60. The summed E-state index contributed by atoms with van der Waals surface area (Å²) >= 11 is 0. The van der Waals surface area contributed by atoms with Crippen molar-refractivity contribution in [3.63, 3.8) is 0 Å². The number of hydrogen-bond acceptors (Lipinski definition) is 4. The van der Waals surface area contributed by atoms with Crippen LogP contribution in [0.4, 0.5) is 0 Å². The maximum Gasteiger partial charge on any atom is 0.338 e. The molecular weight excluding hydrogens is 268 g/mol. The van der Waals surface area contributed by atoms with Crippen molar-refractivity contribution >= 4 is 17.5 Å². The number of rotatable bonds is 4. The monoisotopic (exact) mass is 290 g/mol. The molecule has 0 heterocycles. The van der Waals surface area contributed by atoms with Crippen LogP contribution in [0.15, 0.2) is 30.3 Å². The van der Waals surface area contributed by atoms with E-state index in [1.165, 1.54) is 6.08 Å². The van der Waals surface area contributed by atoms with Gasteiger partial charge < -0.3 is 9.47 Å². The Bertz CT molecular complexity index is 533. The molecule has 1 aromatic carbocycles. The lowest BCUT2D eigenvalue weighted by Crippen LogP contribution is -2.23. The topological polar surface area (TPSA) is 52.6 Å². The third-order valence-corrected chi connectivity index (χ3v) is 2.60. The van der Waals surface area contributed by atoms with E-state index in [0.717, 1.165) is 11.1 Å². The first-order valence-electron chi connectivity index (χ1n) is 6.92. The van der Waals surface area contributed by atoms with Gasteiger partial charge >= 0.3 is 11.9 Å². The van der Waals surface area contributed by atoms with Crippen molar-refractivity contribution in [3.8, 4) is 0 Å². The van der Waals surface area contributed by atoms with E-state index in [1.807, 2.05) is 27.7 Å². The average Bonchev–Trinajstić information content (AvgIpc) is 2.37. The lowest BCUT2D eigenvalue weighted by Gasteiger charge is -2.19. The van der Waals surface area contributed by atoms with Gasteiger partial charge in [0, 0.05) is 6.08 Å². The number of allylic oxidation sites excluding steroid dienone is 1. The number of esters is 2. The number of hydrogen-bond donors (Lipinski definition) is 0. The van der Waals surface area contributed by atoms with Crippen LogP contribution < -0.4 is 0 Å². The SMILES string of the molecule is CCOC(=O)/C=C(\C)c1ccc(C(=O)OC(C)(C)C)cc1. The number of ether oxygens (including phenoxy) is 2. The molecule has 4 nitrogen and oxygen atoms in total. The Balaban J connectivity index is 2.83. The summed E-state index contributed by atoms with van der Waals surface area (Å²) in [5, 5.41) is 0. The highest BCUT2D eigenvalue weighted by Crippen LogP contribution is 2.17. The minimum absolute atomic E-state index is 0.347. The first-order chi connectivity index (χ1) is 9.73. The Morgan fingerprint density at radius 1 is 1.10 bits per heavy atom. The van der Waals surface area contributed by atoms with Crippen LogP contribution in [0, 0.1) is 0 Å². The molecule has 0 radical (unpaired) electrons.